The summed E-state index contributed by atoms with van der Waals surface area (Å²) in [5.74, 6) is -2.47. The molecule has 0 aliphatic carbocycles. The first-order valence-electron chi connectivity index (χ1n) is 6.52. The molecule has 0 aliphatic heterocycles. The molecule has 0 unspecified atom stereocenters. The zero-order valence-corrected chi connectivity index (χ0v) is 12.6. The van der Waals surface area contributed by atoms with Crippen molar-refractivity contribution in [3.63, 3.8) is 0 Å². The summed E-state index contributed by atoms with van der Waals surface area (Å²) in [6.07, 6.45) is 2.43. The van der Waals surface area contributed by atoms with Gasteiger partial charge in [0.25, 0.3) is 11.8 Å². The fraction of sp³-hybridized carbons (Fsp3) is 0.0625. The molecule has 2 rings (SSSR count). The molecule has 7 heteroatoms. The maximum Gasteiger partial charge on any atom is 0.331 e. The van der Waals surface area contributed by atoms with Crippen LogP contribution in [0.1, 0.15) is 15.2 Å². The quantitative estimate of drug-likeness (QED) is 0.674. The summed E-state index contributed by atoms with van der Waals surface area (Å²) in [4.78, 5) is 34.9. The highest BCUT2D eigenvalue weighted by atomic mass is 32.1. The summed E-state index contributed by atoms with van der Waals surface area (Å²) in [5.41, 5.74) is 0.485. The average molecular weight is 333 g/mol. The molecule has 2 aromatic rings. The van der Waals surface area contributed by atoms with Crippen molar-refractivity contribution in [3.8, 4) is 0 Å². The van der Waals surface area contributed by atoms with E-state index in [9.17, 15) is 18.8 Å². The number of imide groups is 1. The van der Waals surface area contributed by atoms with Gasteiger partial charge in [0.15, 0.2) is 6.61 Å². The van der Waals surface area contributed by atoms with E-state index in [0.29, 0.717) is 10.4 Å². The van der Waals surface area contributed by atoms with E-state index in [1.807, 2.05) is 0 Å². The van der Waals surface area contributed by atoms with Crippen molar-refractivity contribution in [2.75, 3.05) is 6.61 Å². The minimum absolute atomic E-state index is 0.385. The molecule has 0 aliphatic rings. The van der Waals surface area contributed by atoms with Gasteiger partial charge >= 0.3 is 5.97 Å². The second-order valence-corrected chi connectivity index (χ2v) is 5.30. The van der Waals surface area contributed by atoms with E-state index in [1.165, 1.54) is 35.6 Å². The Hall–Kier alpha value is -2.80. The Balaban J connectivity index is 1.77. The Morgan fingerprint density at radius 3 is 2.74 bits per heavy atom. The normalized spacial score (nSPS) is 10.5. The van der Waals surface area contributed by atoms with Crippen molar-refractivity contribution in [3.05, 3.63) is 64.1 Å². The van der Waals surface area contributed by atoms with Gasteiger partial charge in [0.1, 0.15) is 5.82 Å². The van der Waals surface area contributed by atoms with Crippen LogP contribution in [0.15, 0.2) is 47.9 Å². The first-order valence-corrected chi connectivity index (χ1v) is 7.40. The summed E-state index contributed by atoms with van der Waals surface area (Å²) in [6, 6.07) is 8.90. The molecular formula is C16H12FNO4S. The van der Waals surface area contributed by atoms with Crippen LogP contribution in [0.25, 0.3) is 6.08 Å². The Morgan fingerprint density at radius 2 is 2.04 bits per heavy atom. The van der Waals surface area contributed by atoms with Gasteiger partial charge in [0.2, 0.25) is 0 Å². The van der Waals surface area contributed by atoms with Gasteiger partial charge in [-0.2, -0.15) is 0 Å². The Labute approximate surface area is 135 Å². The largest absolute Gasteiger partial charge is 0.452 e. The van der Waals surface area contributed by atoms with Crippen LogP contribution in [-0.4, -0.2) is 24.4 Å². The van der Waals surface area contributed by atoms with Crippen LogP contribution in [0.5, 0.6) is 0 Å². The molecule has 23 heavy (non-hydrogen) atoms. The third kappa shape index (κ3) is 5.48. The van der Waals surface area contributed by atoms with Crippen molar-refractivity contribution < 1.29 is 23.5 Å². The van der Waals surface area contributed by atoms with E-state index in [2.05, 4.69) is 5.32 Å². The fourth-order valence-corrected chi connectivity index (χ4v) is 2.21. The number of nitrogens with one attached hydrogen (secondary N) is 1. The van der Waals surface area contributed by atoms with Gasteiger partial charge in [0.05, 0.1) is 4.88 Å². The number of hydrogen-bond donors (Lipinski definition) is 1. The molecule has 1 aromatic carbocycles. The fourth-order valence-electron chi connectivity index (χ4n) is 1.59. The molecule has 2 amide bonds. The van der Waals surface area contributed by atoms with E-state index >= 15 is 0 Å². The van der Waals surface area contributed by atoms with Crippen LogP contribution in [0.4, 0.5) is 4.39 Å². The predicted molar refractivity (Wildman–Crippen MR) is 83.2 cm³/mol. The number of thiophene rings is 1. The summed E-state index contributed by atoms with van der Waals surface area (Å²) < 4.78 is 17.6. The smallest absolute Gasteiger partial charge is 0.331 e. The number of carbonyl (C=O) groups is 3. The first-order chi connectivity index (χ1) is 11.0. The molecule has 0 saturated heterocycles. The third-order valence-corrected chi connectivity index (χ3v) is 3.47. The van der Waals surface area contributed by atoms with Crippen LogP contribution in [-0.2, 0) is 14.3 Å². The molecule has 5 nitrogen and oxygen atoms in total. The molecule has 1 N–H and O–H groups in total. The van der Waals surface area contributed by atoms with Gasteiger partial charge in [-0.25, -0.2) is 9.18 Å². The molecular weight excluding hydrogens is 321 g/mol. The molecule has 0 fully saturated rings. The lowest BCUT2D eigenvalue weighted by molar-refractivity contribution is -0.143. The van der Waals surface area contributed by atoms with Crippen LogP contribution in [0, 0.1) is 5.82 Å². The van der Waals surface area contributed by atoms with Gasteiger partial charge in [-0.3, -0.25) is 14.9 Å². The number of rotatable bonds is 5. The SMILES string of the molecule is O=C(COC(=O)/C=C/c1cccc(F)c1)NC(=O)c1cccs1. The van der Waals surface area contributed by atoms with E-state index in [0.717, 1.165) is 6.08 Å². The average Bonchev–Trinajstić information content (AvgIpc) is 3.05. The molecule has 1 aromatic heterocycles. The Kier molecular flexibility index (Phi) is 5.76. The number of hydrogen-bond acceptors (Lipinski definition) is 5. The first kappa shape index (κ1) is 16.6. The summed E-state index contributed by atoms with van der Waals surface area (Å²) in [7, 11) is 0. The van der Waals surface area contributed by atoms with Crippen LogP contribution in [0.2, 0.25) is 0 Å². The maximum absolute atomic E-state index is 12.9. The Bertz CT molecular complexity index is 740. The van der Waals surface area contributed by atoms with E-state index in [4.69, 9.17) is 4.74 Å². The maximum atomic E-state index is 12.9. The van der Waals surface area contributed by atoms with Crippen molar-refractivity contribution in [1.82, 2.24) is 5.32 Å². The van der Waals surface area contributed by atoms with Crippen molar-refractivity contribution in [2.24, 2.45) is 0 Å². The minimum Gasteiger partial charge on any atom is -0.452 e. The second-order valence-electron chi connectivity index (χ2n) is 4.35. The molecule has 0 spiro atoms. The van der Waals surface area contributed by atoms with E-state index in [-0.39, 0.29) is 0 Å². The minimum atomic E-state index is -0.770. The summed E-state index contributed by atoms with van der Waals surface area (Å²) in [5, 5.41) is 3.81. The number of ether oxygens (including phenoxy) is 1. The monoisotopic (exact) mass is 333 g/mol. The van der Waals surface area contributed by atoms with Gasteiger partial charge in [0, 0.05) is 6.08 Å². The highest BCUT2D eigenvalue weighted by molar-refractivity contribution is 7.12. The zero-order chi connectivity index (χ0) is 16.7. The van der Waals surface area contributed by atoms with E-state index in [1.54, 1.807) is 23.6 Å². The lowest BCUT2D eigenvalue weighted by atomic mass is 10.2. The second kappa shape index (κ2) is 8.00. The number of esters is 1. The summed E-state index contributed by atoms with van der Waals surface area (Å²) >= 11 is 1.19. The number of carbonyl (C=O) groups excluding carboxylic acids is 3. The van der Waals surface area contributed by atoms with Crippen LogP contribution >= 0.6 is 11.3 Å². The zero-order valence-electron chi connectivity index (χ0n) is 11.8. The van der Waals surface area contributed by atoms with Gasteiger partial charge in [-0.15, -0.1) is 11.3 Å². The standard InChI is InChI=1S/C16H12FNO4S/c17-12-4-1-3-11(9-12)6-7-15(20)22-10-14(19)18-16(21)13-5-2-8-23-13/h1-9H,10H2,(H,18,19,21)/b7-6+. The van der Waals surface area contributed by atoms with Crippen molar-refractivity contribution >= 4 is 35.2 Å². The van der Waals surface area contributed by atoms with E-state index < -0.39 is 30.2 Å². The highest BCUT2D eigenvalue weighted by Crippen LogP contribution is 2.07. The highest BCUT2D eigenvalue weighted by Gasteiger charge is 2.12. The molecule has 0 bridgehead atoms. The topological polar surface area (TPSA) is 72.5 Å². The number of halogens is 1. The predicted octanol–water partition coefficient (Wildman–Crippen LogP) is 2.40. The van der Waals surface area contributed by atoms with Gasteiger partial charge < -0.3 is 4.74 Å². The van der Waals surface area contributed by atoms with Crippen molar-refractivity contribution in [2.45, 2.75) is 0 Å². The lowest BCUT2D eigenvalue weighted by Crippen LogP contribution is -2.33. The molecule has 1 heterocycles. The molecule has 118 valence electrons. The van der Waals surface area contributed by atoms with Crippen LogP contribution < -0.4 is 5.32 Å². The molecule has 0 radical (unpaired) electrons. The third-order valence-electron chi connectivity index (χ3n) is 2.60. The van der Waals surface area contributed by atoms with Gasteiger partial charge in [-0.1, -0.05) is 18.2 Å². The number of amides is 2. The Morgan fingerprint density at radius 1 is 1.22 bits per heavy atom. The number of benzene rings is 1. The van der Waals surface area contributed by atoms with Crippen LogP contribution in [0.3, 0.4) is 0 Å². The van der Waals surface area contributed by atoms with Gasteiger partial charge in [-0.05, 0) is 35.2 Å². The molecule has 0 saturated carbocycles. The molecule has 0 atom stereocenters. The lowest BCUT2D eigenvalue weighted by Gasteiger charge is -2.03. The summed E-state index contributed by atoms with van der Waals surface area (Å²) in [6.45, 7) is -0.580. The van der Waals surface area contributed by atoms with Crippen molar-refractivity contribution in [1.29, 1.82) is 0 Å².